The zero-order valence-electron chi connectivity index (χ0n) is 10.1. The van der Waals surface area contributed by atoms with Crippen molar-refractivity contribution in [2.75, 3.05) is 24.7 Å². The van der Waals surface area contributed by atoms with Crippen LogP contribution in [0.3, 0.4) is 0 Å². The molecule has 0 aliphatic rings. The zero-order chi connectivity index (χ0) is 12.1. The highest BCUT2D eigenvalue weighted by Crippen LogP contribution is 2.21. The summed E-state index contributed by atoms with van der Waals surface area (Å²) in [5.41, 5.74) is 0. The molecule has 16 heavy (non-hydrogen) atoms. The molecule has 6 heteroatoms. The molecule has 0 fully saturated rings. The molecular weight excluding hydrogens is 244 g/mol. The van der Waals surface area contributed by atoms with Crippen LogP contribution >= 0.6 is 23.4 Å². The second-order valence-electron chi connectivity index (χ2n) is 3.91. The van der Waals surface area contributed by atoms with E-state index in [1.165, 1.54) is 0 Å². The number of aromatic nitrogens is 3. The van der Waals surface area contributed by atoms with E-state index >= 15 is 0 Å². The summed E-state index contributed by atoms with van der Waals surface area (Å²) >= 11 is 7.47. The van der Waals surface area contributed by atoms with Gasteiger partial charge in [-0.3, -0.25) is 0 Å². The number of halogens is 1. The molecule has 1 aromatic heterocycles. The summed E-state index contributed by atoms with van der Waals surface area (Å²) in [5.74, 6) is 2.26. The fourth-order valence-electron chi connectivity index (χ4n) is 0.921. The highest BCUT2D eigenvalue weighted by molar-refractivity contribution is 7.99. The van der Waals surface area contributed by atoms with E-state index in [0.717, 1.165) is 12.2 Å². The molecule has 90 valence electrons. The number of hydrogen-bond acceptors (Lipinski definition) is 5. The number of hydrogen-bond donors (Lipinski definition) is 0. The van der Waals surface area contributed by atoms with Gasteiger partial charge in [-0.1, -0.05) is 32.0 Å². The Morgan fingerprint density at radius 3 is 2.56 bits per heavy atom. The normalized spacial score (nSPS) is 12.6. The van der Waals surface area contributed by atoms with Gasteiger partial charge in [0.1, 0.15) is 0 Å². The lowest BCUT2D eigenvalue weighted by Gasteiger charge is -2.11. The van der Waals surface area contributed by atoms with Crippen molar-refractivity contribution < 1.29 is 0 Å². The fourth-order valence-corrected chi connectivity index (χ4v) is 2.09. The van der Waals surface area contributed by atoms with Crippen LogP contribution in [0.1, 0.15) is 20.3 Å². The first kappa shape index (κ1) is 13.5. The van der Waals surface area contributed by atoms with Crippen LogP contribution < -0.4 is 4.90 Å². The number of nitrogens with zero attached hydrogens (tertiary/aromatic N) is 4. The molecule has 0 aromatic carbocycles. The molecule has 0 amide bonds. The molecule has 1 atom stereocenters. The molecule has 0 radical (unpaired) electrons. The summed E-state index contributed by atoms with van der Waals surface area (Å²) in [7, 11) is 3.77. The van der Waals surface area contributed by atoms with Crippen molar-refractivity contribution in [3.05, 3.63) is 5.28 Å². The summed E-state index contributed by atoms with van der Waals surface area (Å²) in [6.45, 7) is 4.39. The monoisotopic (exact) mass is 260 g/mol. The minimum absolute atomic E-state index is 0.255. The van der Waals surface area contributed by atoms with Gasteiger partial charge in [-0.05, 0) is 17.5 Å². The molecule has 0 bridgehead atoms. The Morgan fingerprint density at radius 1 is 1.31 bits per heavy atom. The summed E-state index contributed by atoms with van der Waals surface area (Å²) < 4.78 is 0. The van der Waals surface area contributed by atoms with E-state index < -0.39 is 0 Å². The van der Waals surface area contributed by atoms with Crippen molar-refractivity contribution in [2.45, 2.75) is 25.4 Å². The Hall–Kier alpha value is -0.550. The molecular formula is C10H17ClN4S. The first-order chi connectivity index (χ1) is 7.52. The van der Waals surface area contributed by atoms with Gasteiger partial charge in [0.15, 0.2) is 5.16 Å². The van der Waals surface area contributed by atoms with E-state index in [1.54, 1.807) is 11.8 Å². The molecule has 4 nitrogen and oxygen atoms in total. The molecule has 1 aromatic rings. The van der Waals surface area contributed by atoms with Gasteiger partial charge < -0.3 is 4.90 Å². The molecule has 0 spiro atoms. The van der Waals surface area contributed by atoms with Crippen LogP contribution in [0.15, 0.2) is 5.16 Å². The third kappa shape index (κ3) is 4.14. The Bertz CT molecular complexity index is 346. The smallest absolute Gasteiger partial charge is 0.230 e. The summed E-state index contributed by atoms with van der Waals surface area (Å²) in [6, 6.07) is 0. The van der Waals surface area contributed by atoms with Gasteiger partial charge in [-0.2, -0.15) is 15.0 Å². The summed E-state index contributed by atoms with van der Waals surface area (Å²) in [4.78, 5) is 14.3. The predicted octanol–water partition coefficient (Wildman–Crippen LogP) is 2.73. The van der Waals surface area contributed by atoms with Crippen molar-refractivity contribution in [1.82, 2.24) is 15.0 Å². The van der Waals surface area contributed by atoms with Gasteiger partial charge >= 0.3 is 0 Å². The van der Waals surface area contributed by atoms with Crippen molar-refractivity contribution in [3.63, 3.8) is 0 Å². The van der Waals surface area contributed by atoms with Crippen molar-refractivity contribution in [2.24, 2.45) is 5.92 Å². The summed E-state index contributed by atoms with van der Waals surface area (Å²) in [5, 5.41) is 0.953. The number of thioether (sulfide) groups is 1. The van der Waals surface area contributed by atoms with Gasteiger partial charge in [-0.15, -0.1) is 0 Å². The van der Waals surface area contributed by atoms with E-state index in [0.29, 0.717) is 17.0 Å². The van der Waals surface area contributed by atoms with Crippen LogP contribution in [-0.2, 0) is 0 Å². The summed E-state index contributed by atoms with van der Waals surface area (Å²) in [6.07, 6.45) is 1.16. The highest BCUT2D eigenvalue weighted by atomic mass is 35.5. The Morgan fingerprint density at radius 2 is 2.00 bits per heavy atom. The van der Waals surface area contributed by atoms with E-state index in [1.807, 2.05) is 19.0 Å². The molecule has 1 heterocycles. The fraction of sp³-hybridized carbons (Fsp3) is 0.700. The maximum atomic E-state index is 5.84. The molecule has 0 N–H and O–H groups in total. The molecule has 0 saturated carbocycles. The van der Waals surface area contributed by atoms with Gasteiger partial charge in [0.25, 0.3) is 0 Å². The van der Waals surface area contributed by atoms with E-state index in [9.17, 15) is 0 Å². The molecule has 0 aliphatic heterocycles. The van der Waals surface area contributed by atoms with Crippen molar-refractivity contribution in [3.8, 4) is 0 Å². The standard InChI is InChI=1S/C10H17ClN4S/c1-5-7(2)6-16-10-13-8(11)12-9(14-10)15(3)4/h7H,5-6H2,1-4H3. The lowest BCUT2D eigenvalue weighted by Crippen LogP contribution is -2.14. The lowest BCUT2D eigenvalue weighted by atomic mass is 10.2. The second-order valence-corrected chi connectivity index (χ2v) is 5.23. The quantitative estimate of drug-likeness (QED) is 0.762. The van der Waals surface area contributed by atoms with Crippen LogP contribution in [0.25, 0.3) is 0 Å². The maximum Gasteiger partial charge on any atom is 0.230 e. The average molecular weight is 261 g/mol. The van der Waals surface area contributed by atoms with Gasteiger partial charge in [0.05, 0.1) is 0 Å². The minimum atomic E-state index is 0.255. The molecule has 0 aliphatic carbocycles. The first-order valence-corrected chi connectivity index (χ1v) is 6.61. The van der Waals surface area contributed by atoms with Gasteiger partial charge in [-0.25, -0.2) is 0 Å². The van der Waals surface area contributed by atoms with Crippen LogP contribution in [0.5, 0.6) is 0 Å². The Balaban J connectivity index is 2.72. The van der Waals surface area contributed by atoms with Crippen LogP contribution in [-0.4, -0.2) is 34.8 Å². The zero-order valence-corrected chi connectivity index (χ0v) is 11.6. The van der Waals surface area contributed by atoms with Gasteiger partial charge in [0.2, 0.25) is 11.2 Å². The Kier molecular flexibility index (Phi) is 5.28. The first-order valence-electron chi connectivity index (χ1n) is 5.24. The largest absolute Gasteiger partial charge is 0.347 e. The maximum absolute atomic E-state index is 5.84. The van der Waals surface area contributed by atoms with E-state index in [4.69, 9.17) is 11.6 Å². The molecule has 1 unspecified atom stereocenters. The molecule has 0 saturated heterocycles. The van der Waals surface area contributed by atoms with Crippen LogP contribution in [0.2, 0.25) is 5.28 Å². The van der Waals surface area contributed by atoms with E-state index in [-0.39, 0.29) is 5.28 Å². The van der Waals surface area contributed by atoms with Crippen LogP contribution in [0, 0.1) is 5.92 Å². The highest BCUT2D eigenvalue weighted by Gasteiger charge is 2.08. The topological polar surface area (TPSA) is 41.9 Å². The molecule has 1 rings (SSSR count). The lowest BCUT2D eigenvalue weighted by molar-refractivity contribution is 0.635. The second kappa shape index (κ2) is 6.25. The number of rotatable bonds is 5. The SMILES string of the molecule is CCC(C)CSc1nc(Cl)nc(N(C)C)n1. The Labute approximate surface area is 106 Å². The van der Waals surface area contributed by atoms with E-state index in [2.05, 4.69) is 28.8 Å². The third-order valence-electron chi connectivity index (χ3n) is 2.17. The van der Waals surface area contributed by atoms with Crippen molar-refractivity contribution in [1.29, 1.82) is 0 Å². The van der Waals surface area contributed by atoms with Gasteiger partial charge in [0, 0.05) is 19.8 Å². The number of anilines is 1. The minimum Gasteiger partial charge on any atom is -0.347 e. The third-order valence-corrected chi connectivity index (χ3v) is 3.52. The average Bonchev–Trinajstić information content (AvgIpc) is 2.25. The van der Waals surface area contributed by atoms with Crippen LogP contribution in [0.4, 0.5) is 5.95 Å². The van der Waals surface area contributed by atoms with Crippen molar-refractivity contribution >= 4 is 29.3 Å². The predicted molar refractivity (Wildman–Crippen MR) is 69.3 cm³/mol.